The lowest BCUT2D eigenvalue weighted by atomic mass is 9.97. The Kier molecular flexibility index (Phi) is 6.96. The number of carbonyl (C=O) groups is 2. The second kappa shape index (κ2) is 10.2. The lowest BCUT2D eigenvalue weighted by Crippen LogP contribution is -2.39. The first-order valence-electron chi connectivity index (χ1n) is 10.5. The molecule has 0 spiro atoms. The van der Waals surface area contributed by atoms with E-state index in [0.717, 1.165) is 48.7 Å². The van der Waals surface area contributed by atoms with Gasteiger partial charge in [0.1, 0.15) is 12.4 Å². The van der Waals surface area contributed by atoms with Crippen LogP contribution in [0.1, 0.15) is 28.9 Å². The van der Waals surface area contributed by atoms with E-state index in [0.29, 0.717) is 18.0 Å². The van der Waals surface area contributed by atoms with E-state index in [4.69, 9.17) is 15.5 Å². The molecule has 3 heterocycles. The van der Waals surface area contributed by atoms with E-state index < -0.39 is 12.0 Å². The number of rotatable bonds is 7. The summed E-state index contributed by atoms with van der Waals surface area (Å²) in [4.78, 5) is 34.5. The largest absolute Gasteiger partial charge is 0.443 e. The molecule has 1 aliphatic rings. The summed E-state index contributed by atoms with van der Waals surface area (Å²) in [5.41, 5.74) is 10.0. The predicted molar refractivity (Wildman–Crippen MR) is 123 cm³/mol. The van der Waals surface area contributed by atoms with Crippen molar-refractivity contribution in [3.8, 4) is 11.3 Å². The van der Waals surface area contributed by atoms with Crippen LogP contribution in [0.3, 0.4) is 0 Å². The molecule has 2 aromatic heterocycles. The van der Waals surface area contributed by atoms with Gasteiger partial charge in [-0.2, -0.15) is 0 Å². The van der Waals surface area contributed by atoms with Crippen LogP contribution in [0.25, 0.3) is 11.3 Å². The summed E-state index contributed by atoms with van der Waals surface area (Å²) in [6.07, 6.45) is 1.50. The number of benzene rings is 1. The molecule has 1 aromatic carbocycles. The molecule has 3 N–H and O–H groups in total. The van der Waals surface area contributed by atoms with Crippen LogP contribution in [0.4, 0.5) is 10.6 Å². The average Bonchev–Trinajstić information content (AvgIpc) is 3.36. The number of nitrogens with two attached hydrogens (primary N) is 1. The van der Waals surface area contributed by atoms with Gasteiger partial charge in [-0.25, -0.2) is 14.8 Å². The topological polar surface area (TPSA) is 110 Å². The number of aromatic nitrogens is 2. The first-order chi connectivity index (χ1) is 15.6. The number of anilines is 1. The molecule has 0 saturated carbocycles. The number of hydrogen-bond acceptors (Lipinski definition) is 7. The smallest absolute Gasteiger partial charge is 0.407 e. The summed E-state index contributed by atoms with van der Waals surface area (Å²) in [7, 11) is 0. The van der Waals surface area contributed by atoms with Crippen molar-refractivity contribution in [3.63, 3.8) is 0 Å². The number of carbonyl (C=O) groups excluding carboxylic acids is 2. The fourth-order valence-electron chi connectivity index (χ4n) is 3.69. The Bertz CT molecular complexity index is 1070. The van der Waals surface area contributed by atoms with Crippen molar-refractivity contribution in [2.75, 3.05) is 24.5 Å². The number of pyridine rings is 1. The van der Waals surface area contributed by atoms with E-state index in [1.54, 1.807) is 17.6 Å². The molecule has 0 unspecified atom stereocenters. The summed E-state index contributed by atoms with van der Waals surface area (Å²) >= 11 is 1.48. The molecule has 8 nitrogen and oxygen atoms in total. The van der Waals surface area contributed by atoms with Crippen molar-refractivity contribution in [2.24, 2.45) is 11.7 Å². The number of alkyl carbamates (subject to hydrolysis) is 1. The van der Waals surface area contributed by atoms with Gasteiger partial charge in [-0.3, -0.25) is 4.79 Å². The molecule has 0 aliphatic carbocycles. The maximum atomic E-state index is 11.9. The van der Waals surface area contributed by atoms with Crippen molar-refractivity contribution in [2.45, 2.75) is 19.4 Å². The monoisotopic (exact) mass is 451 g/mol. The molecule has 3 aromatic rings. The Hall–Kier alpha value is -3.46. The first kappa shape index (κ1) is 21.8. The minimum absolute atomic E-state index is 0.193. The Balaban J connectivity index is 1.28. The Morgan fingerprint density at radius 1 is 1.19 bits per heavy atom. The van der Waals surface area contributed by atoms with Gasteiger partial charge in [0.15, 0.2) is 0 Å². The third-order valence-electron chi connectivity index (χ3n) is 5.49. The molecule has 32 heavy (non-hydrogen) atoms. The van der Waals surface area contributed by atoms with Gasteiger partial charge in [0.25, 0.3) is 0 Å². The third-order valence-corrected chi connectivity index (χ3v) is 6.12. The van der Waals surface area contributed by atoms with Crippen LogP contribution in [0.15, 0.2) is 53.4 Å². The van der Waals surface area contributed by atoms with Crippen molar-refractivity contribution in [3.05, 3.63) is 64.6 Å². The van der Waals surface area contributed by atoms with Crippen molar-refractivity contribution < 1.29 is 14.3 Å². The number of nitrogens with zero attached hydrogens (tertiary/aromatic N) is 3. The second-order valence-corrected chi connectivity index (χ2v) is 8.41. The van der Waals surface area contributed by atoms with Gasteiger partial charge in [-0.15, -0.1) is 11.3 Å². The van der Waals surface area contributed by atoms with Crippen LogP contribution in [0, 0.1) is 5.92 Å². The minimum atomic E-state index is -0.453. The zero-order valence-corrected chi connectivity index (χ0v) is 18.4. The Morgan fingerprint density at radius 2 is 2.00 bits per heavy atom. The second-order valence-electron chi connectivity index (χ2n) is 7.69. The van der Waals surface area contributed by atoms with Gasteiger partial charge >= 0.3 is 6.09 Å². The maximum absolute atomic E-state index is 11.9. The van der Waals surface area contributed by atoms with Gasteiger partial charge in [0.05, 0.1) is 16.9 Å². The van der Waals surface area contributed by atoms with E-state index in [1.165, 1.54) is 11.3 Å². The molecule has 0 radical (unpaired) electrons. The molecular weight excluding hydrogens is 426 g/mol. The summed E-state index contributed by atoms with van der Waals surface area (Å²) in [6, 6.07) is 13.1. The first-order valence-corrected chi connectivity index (χ1v) is 11.4. The highest BCUT2D eigenvalue weighted by Gasteiger charge is 2.21. The average molecular weight is 452 g/mol. The normalized spacial score (nSPS) is 14.2. The highest BCUT2D eigenvalue weighted by molar-refractivity contribution is 7.07. The van der Waals surface area contributed by atoms with Crippen molar-refractivity contribution in [1.29, 1.82) is 0 Å². The van der Waals surface area contributed by atoms with E-state index >= 15 is 0 Å². The van der Waals surface area contributed by atoms with Crippen LogP contribution >= 0.6 is 11.3 Å². The fourth-order valence-corrected chi connectivity index (χ4v) is 4.23. The number of hydrogen-bond donors (Lipinski definition) is 2. The molecule has 1 aliphatic heterocycles. The van der Waals surface area contributed by atoms with Gasteiger partial charge in [-0.1, -0.05) is 18.2 Å². The molecule has 2 amide bonds. The molecular formula is C23H25N5O3S. The van der Waals surface area contributed by atoms with Crippen molar-refractivity contribution in [1.82, 2.24) is 15.3 Å². The molecule has 9 heteroatoms. The summed E-state index contributed by atoms with van der Waals surface area (Å²) in [5.74, 6) is 0.847. The highest BCUT2D eigenvalue weighted by atomic mass is 32.1. The van der Waals surface area contributed by atoms with Crippen LogP contribution in [-0.4, -0.2) is 41.6 Å². The van der Waals surface area contributed by atoms with E-state index in [9.17, 15) is 9.59 Å². The fraction of sp³-hybridized carbons (Fsp3) is 0.304. The van der Waals surface area contributed by atoms with Crippen LogP contribution < -0.4 is 16.0 Å². The number of ether oxygens (including phenoxy) is 1. The van der Waals surface area contributed by atoms with Gasteiger partial charge < -0.3 is 20.7 Å². The van der Waals surface area contributed by atoms with Gasteiger partial charge in [-0.05, 0) is 43.0 Å². The molecule has 1 fully saturated rings. The number of nitrogens with one attached hydrogen (secondary N) is 1. The van der Waals surface area contributed by atoms with E-state index in [2.05, 4.69) is 15.2 Å². The highest BCUT2D eigenvalue weighted by Crippen LogP contribution is 2.25. The molecule has 4 rings (SSSR count). The molecule has 0 bridgehead atoms. The van der Waals surface area contributed by atoms with Crippen molar-refractivity contribution >= 4 is 29.2 Å². The van der Waals surface area contributed by atoms with E-state index in [1.807, 2.05) is 35.7 Å². The quantitative estimate of drug-likeness (QED) is 0.569. The standard InChI is InChI=1S/C23H25N5O3S/c24-22(29)18-4-1-3-17(11-18)20-5-2-6-21(27-20)28-9-7-16(8-10-28)12-25-23(30)31-13-19-14-32-15-26-19/h1-6,11,14-16H,7-10,12-13H2,(H2,24,29)(H,25,30). The van der Waals surface area contributed by atoms with Gasteiger partial charge in [0, 0.05) is 36.1 Å². The number of primary amides is 1. The zero-order valence-electron chi connectivity index (χ0n) is 17.6. The lowest BCUT2D eigenvalue weighted by Gasteiger charge is -2.33. The molecule has 0 atom stereocenters. The predicted octanol–water partition coefficient (Wildman–Crippen LogP) is 3.45. The van der Waals surface area contributed by atoms with Crippen LogP contribution in [-0.2, 0) is 11.3 Å². The number of piperidine rings is 1. The third kappa shape index (κ3) is 5.61. The maximum Gasteiger partial charge on any atom is 0.407 e. The van der Waals surface area contributed by atoms with Crippen LogP contribution in [0.2, 0.25) is 0 Å². The summed E-state index contributed by atoms with van der Waals surface area (Å²) in [5, 5.41) is 4.72. The number of amides is 2. The number of thiazole rings is 1. The molecule has 166 valence electrons. The van der Waals surface area contributed by atoms with E-state index in [-0.39, 0.29) is 6.61 Å². The summed E-state index contributed by atoms with van der Waals surface area (Å²) in [6.45, 7) is 2.51. The Morgan fingerprint density at radius 3 is 2.75 bits per heavy atom. The molecule has 1 saturated heterocycles. The SMILES string of the molecule is NC(=O)c1cccc(-c2cccc(N3CCC(CNC(=O)OCc4cscn4)CC3)n2)c1. The van der Waals surface area contributed by atoms with Gasteiger partial charge in [0.2, 0.25) is 5.91 Å². The zero-order chi connectivity index (χ0) is 22.3. The Labute approximate surface area is 190 Å². The minimum Gasteiger partial charge on any atom is -0.443 e. The summed E-state index contributed by atoms with van der Waals surface area (Å²) < 4.78 is 5.19. The van der Waals surface area contributed by atoms with Crippen LogP contribution in [0.5, 0.6) is 0 Å². The lowest BCUT2D eigenvalue weighted by molar-refractivity contribution is 0.1000.